The van der Waals surface area contributed by atoms with Crippen molar-refractivity contribution in [3.8, 4) is 5.75 Å². The fraction of sp³-hybridized carbons (Fsp3) is 0.188. The third-order valence-electron chi connectivity index (χ3n) is 3.27. The summed E-state index contributed by atoms with van der Waals surface area (Å²) in [5.74, 6) is -0.214. The zero-order chi connectivity index (χ0) is 15.7. The molecular formula is C16H13Br2FO2. The van der Waals surface area contributed by atoms with Gasteiger partial charge in [-0.25, -0.2) is 4.39 Å². The Morgan fingerprint density at radius 1 is 1.14 bits per heavy atom. The number of rotatable bonds is 3. The smallest absolute Gasteiger partial charge is 0.197 e. The maximum absolute atomic E-state index is 13.7. The minimum atomic E-state index is -0.468. The number of halogens is 3. The molecule has 0 spiro atoms. The number of ether oxygens (including phenoxy) is 1. The molecule has 0 aliphatic rings. The highest BCUT2D eigenvalue weighted by atomic mass is 79.9. The van der Waals surface area contributed by atoms with Crippen molar-refractivity contribution in [2.24, 2.45) is 0 Å². The van der Waals surface area contributed by atoms with Gasteiger partial charge in [0.1, 0.15) is 11.6 Å². The van der Waals surface area contributed by atoms with Crippen LogP contribution in [-0.4, -0.2) is 12.9 Å². The van der Waals surface area contributed by atoms with Gasteiger partial charge in [-0.1, -0.05) is 15.9 Å². The second-order valence-electron chi connectivity index (χ2n) is 4.67. The summed E-state index contributed by atoms with van der Waals surface area (Å²) in [5, 5.41) is 0. The van der Waals surface area contributed by atoms with E-state index in [0.29, 0.717) is 15.8 Å². The van der Waals surface area contributed by atoms with E-state index in [0.717, 1.165) is 15.6 Å². The van der Waals surface area contributed by atoms with Crippen LogP contribution in [0.5, 0.6) is 5.75 Å². The lowest BCUT2D eigenvalue weighted by atomic mass is 9.96. The monoisotopic (exact) mass is 414 g/mol. The van der Waals surface area contributed by atoms with E-state index in [-0.39, 0.29) is 11.3 Å². The zero-order valence-electron chi connectivity index (χ0n) is 11.8. The number of carbonyl (C=O) groups excluding carboxylic acids is 1. The third kappa shape index (κ3) is 3.04. The van der Waals surface area contributed by atoms with Crippen LogP contribution in [0, 0.1) is 19.7 Å². The summed E-state index contributed by atoms with van der Waals surface area (Å²) in [6.07, 6.45) is 0. The van der Waals surface area contributed by atoms with Crippen LogP contribution < -0.4 is 4.74 Å². The van der Waals surface area contributed by atoms with E-state index in [1.54, 1.807) is 6.07 Å². The summed E-state index contributed by atoms with van der Waals surface area (Å²) in [6.45, 7) is 3.69. The Bertz CT molecular complexity index is 727. The third-order valence-corrected chi connectivity index (χ3v) is 4.74. The Balaban J connectivity index is 2.65. The number of benzene rings is 2. The van der Waals surface area contributed by atoms with Crippen LogP contribution >= 0.6 is 31.9 Å². The van der Waals surface area contributed by atoms with E-state index >= 15 is 0 Å². The first-order valence-electron chi connectivity index (χ1n) is 6.20. The van der Waals surface area contributed by atoms with Crippen molar-refractivity contribution in [1.82, 2.24) is 0 Å². The van der Waals surface area contributed by atoms with Gasteiger partial charge in [0, 0.05) is 10.0 Å². The van der Waals surface area contributed by atoms with E-state index in [1.807, 2.05) is 19.9 Å². The van der Waals surface area contributed by atoms with Crippen molar-refractivity contribution < 1.29 is 13.9 Å². The molecule has 0 unspecified atom stereocenters. The summed E-state index contributed by atoms with van der Waals surface area (Å²) in [5.41, 5.74) is 2.35. The molecule has 0 aliphatic carbocycles. The van der Waals surface area contributed by atoms with E-state index in [9.17, 15) is 9.18 Å². The summed E-state index contributed by atoms with van der Waals surface area (Å²) in [7, 11) is 1.52. The molecule has 0 aromatic heterocycles. The molecule has 2 rings (SSSR count). The molecule has 2 nitrogen and oxygen atoms in total. The molecule has 0 radical (unpaired) electrons. The number of ketones is 1. The van der Waals surface area contributed by atoms with Crippen molar-refractivity contribution in [3.05, 3.63) is 61.3 Å². The first kappa shape index (κ1) is 16.2. The second kappa shape index (κ2) is 6.28. The summed E-state index contributed by atoms with van der Waals surface area (Å²) < 4.78 is 20.2. The van der Waals surface area contributed by atoms with E-state index in [1.165, 1.54) is 19.2 Å². The van der Waals surface area contributed by atoms with Crippen molar-refractivity contribution >= 4 is 37.6 Å². The van der Waals surface area contributed by atoms with Crippen molar-refractivity contribution in [2.45, 2.75) is 13.8 Å². The maximum atomic E-state index is 13.7. The molecule has 0 aliphatic heterocycles. The van der Waals surface area contributed by atoms with E-state index in [2.05, 4.69) is 31.9 Å². The Labute approximate surface area is 139 Å². The van der Waals surface area contributed by atoms with Crippen LogP contribution in [-0.2, 0) is 0 Å². The molecule has 0 atom stereocenters. The Kier molecular flexibility index (Phi) is 4.84. The zero-order valence-corrected chi connectivity index (χ0v) is 14.9. The highest BCUT2D eigenvalue weighted by Crippen LogP contribution is 2.34. The van der Waals surface area contributed by atoms with Crippen LogP contribution in [0.1, 0.15) is 27.0 Å². The van der Waals surface area contributed by atoms with Gasteiger partial charge in [-0.15, -0.1) is 0 Å². The van der Waals surface area contributed by atoms with E-state index in [4.69, 9.17) is 4.74 Å². The van der Waals surface area contributed by atoms with Gasteiger partial charge >= 0.3 is 0 Å². The van der Waals surface area contributed by atoms with Crippen LogP contribution in [0.4, 0.5) is 4.39 Å². The average molecular weight is 416 g/mol. The van der Waals surface area contributed by atoms with Crippen molar-refractivity contribution in [1.29, 1.82) is 0 Å². The first-order chi connectivity index (χ1) is 9.86. The molecule has 110 valence electrons. The molecule has 2 aromatic rings. The molecule has 0 bridgehead atoms. The quantitative estimate of drug-likeness (QED) is 0.643. The number of aryl methyl sites for hydroxylation is 1. The van der Waals surface area contributed by atoms with Crippen molar-refractivity contribution in [2.75, 3.05) is 7.11 Å². The molecule has 0 N–H and O–H groups in total. The topological polar surface area (TPSA) is 26.3 Å². The summed E-state index contributed by atoms with van der Waals surface area (Å²) >= 11 is 6.52. The van der Waals surface area contributed by atoms with Gasteiger partial charge in [0.25, 0.3) is 0 Å². The van der Waals surface area contributed by atoms with Crippen molar-refractivity contribution in [3.63, 3.8) is 0 Å². The number of methoxy groups -OCH3 is 1. The van der Waals surface area contributed by atoms with Gasteiger partial charge in [0.2, 0.25) is 0 Å². The first-order valence-corrected chi connectivity index (χ1v) is 7.78. The van der Waals surface area contributed by atoms with Gasteiger partial charge < -0.3 is 4.74 Å². The fourth-order valence-electron chi connectivity index (χ4n) is 2.17. The molecule has 0 heterocycles. The lowest BCUT2D eigenvalue weighted by molar-refractivity contribution is 0.103. The largest absolute Gasteiger partial charge is 0.496 e. The Hall–Kier alpha value is -1.20. The highest BCUT2D eigenvalue weighted by molar-refractivity contribution is 9.10. The number of hydrogen-bond acceptors (Lipinski definition) is 2. The number of carbonyl (C=O) groups is 1. The second-order valence-corrected chi connectivity index (χ2v) is 6.38. The fourth-order valence-corrected chi connectivity index (χ4v) is 2.96. The molecular weight excluding hydrogens is 403 g/mol. The predicted molar refractivity (Wildman–Crippen MR) is 87.7 cm³/mol. The van der Waals surface area contributed by atoms with Crippen LogP contribution in [0.15, 0.2) is 33.2 Å². The highest BCUT2D eigenvalue weighted by Gasteiger charge is 2.21. The lowest BCUT2D eigenvalue weighted by Crippen LogP contribution is -2.08. The Morgan fingerprint density at radius 3 is 2.38 bits per heavy atom. The predicted octanol–water partition coefficient (Wildman–Crippen LogP) is 5.21. The minimum absolute atomic E-state index is 0.264. The van der Waals surface area contributed by atoms with Crippen LogP contribution in [0.2, 0.25) is 0 Å². The van der Waals surface area contributed by atoms with Crippen LogP contribution in [0.3, 0.4) is 0 Å². The normalized spacial score (nSPS) is 10.6. The minimum Gasteiger partial charge on any atom is -0.496 e. The van der Waals surface area contributed by atoms with Gasteiger partial charge in [-0.3, -0.25) is 4.79 Å². The molecule has 0 fully saturated rings. The number of hydrogen-bond donors (Lipinski definition) is 0. The lowest BCUT2D eigenvalue weighted by Gasteiger charge is -2.15. The van der Waals surface area contributed by atoms with Crippen LogP contribution in [0.25, 0.3) is 0 Å². The molecule has 5 heteroatoms. The summed E-state index contributed by atoms with van der Waals surface area (Å²) in [6, 6.07) is 6.23. The molecule has 0 amide bonds. The SMILES string of the molecule is COc1c(C)cc(Br)c(C)c1C(=O)c1ccc(Br)c(F)c1. The van der Waals surface area contributed by atoms with Gasteiger partial charge in [-0.05, 0) is 65.2 Å². The van der Waals surface area contributed by atoms with Gasteiger partial charge in [0.15, 0.2) is 5.78 Å². The maximum Gasteiger partial charge on any atom is 0.197 e. The van der Waals surface area contributed by atoms with Gasteiger partial charge in [-0.2, -0.15) is 0 Å². The standard InChI is InChI=1S/C16H13Br2FO2/c1-8-6-12(18)9(2)14(16(8)21-3)15(20)10-4-5-11(17)13(19)7-10/h4-7H,1-3H3. The Morgan fingerprint density at radius 2 is 1.81 bits per heavy atom. The molecule has 0 saturated carbocycles. The molecule has 2 aromatic carbocycles. The van der Waals surface area contributed by atoms with Gasteiger partial charge in [0.05, 0.1) is 17.1 Å². The molecule has 21 heavy (non-hydrogen) atoms. The average Bonchev–Trinajstić information content (AvgIpc) is 2.44. The molecule has 0 saturated heterocycles. The summed E-state index contributed by atoms with van der Waals surface area (Å²) in [4.78, 5) is 12.7. The van der Waals surface area contributed by atoms with E-state index < -0.39 is 5.82 Å².